The molecule has 3 aliphatic rings. The van der Waals surface area contributed by atoms with Crippen LogP contribution in [0.25, 0.3) is 0 Å². The maximum absolute atomic E-state index is 12.6. The van der Waals surface area contributed by atoms with E-state index in [-0.39, 0.29) is 21.8 Å². The van der Waals surface area contributed by atoms with Gasteiger partial charge in [0.15, 0.2) is 5.78 Å². The molecule has 2 saturated carbocycles. The van der Waals surface area contributed by atoms with Crippen LogP contribution in [-0.2, 0) is 14.4 Å². The van der Waals surface area contributed by atoms with Gasteiger partial charge in [0.1, 0.15) is 11.6 Å². The predicted octanol–water partition coefficient (Wildman–Crippen LogP) is 4.17. The van der Waals surface area contributed by atoms with E-state index >= 15 is 0 Å². The lowest BCUT2D eigenvalue weighted by molar-refractivity contribution is -0.129. The standard InChI is InChI=1S/C19H25BrO3/c1-3-19-10-15(20)18-12(14(19)7-9-17(19)23)6-8-16(22)13(18)5-4-11(2)21/h12,14-15H,3-10H2,1-2H3/t12-,14-,15?,19-/m0/s1. The van der Waals surface area contributed by atoms with Crippen molar-refractivity contribution in [3.63, 3.8) is 0 Å². The zero-order chi connectivity index (χ0) is 16.8. The summed E-state index contributed by atoms with van der Waals surface area (Å²) in [6.07, 6.45) is 5.84. The van der Waals surface area contributed by atoms with Crippen LogP contribution >= 0.6 is 15.9 Å². The number of carbonyl (C=O) groups excluding carboxylic acids is 3. The van der Waals surface area contributed by atoms with Gasteiger partial charge in [-0.1, -0.05) is 22.9 Å². The van der Waals surface area contributed by atoms with Crippen molar-refractivity contribution in [1.29, 1.82) is 0 Å². The molecule has 0 heterocycles. The number of fused-ring (bicyclic) bond motifs is 3. The number of hydrogen-bond donors (Lipinski definition) is 0. The van der Waals surface area contributed by atoms with Crippen molar-refractivity contribution in [2.24, 2.45) is 17.3 Å². The molecular weight excluding hydrogens is 356 g/mol. The summed E-state index contributed by atoms with van der Waals surface area (Å²) in [6.45, 7) is 3.72. The molecule has 0 radical (unpaired) electrons. The maximum atomic E-state index is 12.6. The van der Waals surface area contributed by atoms with Crippen molar-refractivity contribution in [2.45, 2.75) is 70.0 Å². The number of ketones is 3. The molecule has 0 saturated heterocycles. The van der Waals surface area contributed by atoms with Gasteiger partial charge in [0.2, 0.25) is 0 Å². The van der Waals surface area contributed by atoms with Gasteiger partial charge < -0.3 is 4.79 Å². The SMILES string of the molecule is CC[C@]12CC(Br)C3=C(CCC(C)=O)C(=O)CC[C@H]3[C@@H]1CCC2=O. The molecule has 0 aliphatic heterocycles. The third-order valence-corrected chi connectivity index (χ3v) is 7.26. The van der Waals surface area contributed by atoms with E-state index < -0.39 is 0 Å². The summed E-state index contributed by atoms with van der Waals surface area (Å²) in [4.78, 5) is 36.5. The van der Waals surface area contributed by atoms with Crippen molar-refractivity contribution in [2.75, 3.05) is 0 Å². The number of allylic oxidation sites excluding steroid dienone is 2. The van der Waals surface area contributed by atoms with E-state index in [1.165, 1.54) is 5.57 Å². The summed E-state index contributed by atoms with van der Waals surface area (Å²) in [5, 5.41) is 0. The second-order valence-corrected chi connectivity index (χ2v) is 8.56. The van der Waals surface area contributed by atoms with E-state index in [0.717, 1.165) is 31.3 Å². The Hall–Kier alpha value is -0.770. The molecule has 2 fully saturated rings. The average molecular weight is 381 g/mol. The van der Waals surface area contributed by atoms with Gasteiger partial charge in [-0.05, 0) is 62.0 Å². The minimum absolute atomic E-state index is 0.108. The fraction of sp³-hybridized carbons (Fsp3) is 0.737. The fourth-order valence-corrected chi connectivity index (χ4v) is 6.50. The number of rotatable bonds is 4. The maximum Gasteiger partial charge on any atom is 0.158 e. The highest BCUT2D eigenvalue weighted by Crippen LogP contribution is 2.60. The van der Waals surface area contributed by atoms with E-state index in [9.17, 15) is 14.4 Å². The van der Waals surface area contributed by atoms with Crippen LogP contribution in [0.4, 0.5) is 0 Å². The molecule has 0 N–H and O–H groups in total. The molecule has 0 aromatic rings. The Labute approximate surface area is 146 Å². The first-order chi connectivity index (χ1) is 10.9. The Morgan fingerprint density at radius 3 is 2.65 bits per heavy atom. The van der Waals surface area contributed by atoms with Gasteiger partial charge in [-0.25, -0.2) is 0 Å². The predicted molar refractivity (Wildman–Crippen MR) is 92.5 cm³/mol. The van der Waals surface area contributed by atoms with Crippen molar-refractivity contribution < 1.29 is 14.4 Å². The summed E-state index contributed by atoms with van der Waals surface area (Å²) >= 11 is 3.80. The van der Waals surface area contributed by atoms with Gasteiger partial charge >= 0.3 is 0 Å². The normalized spacial score (nSPS) is 36.9. The molecule has 3 rings (SSSR count). The third kappa shape index (κ3) is 2.67. The third-order valence-electron chi connectivity index (χ3n) is 6.44. The molecule has 4 heteroatoms. The van der Waals surface area contributed by atoms with Crippen LogP contribution in [0.5, 0.6) is 0 Å². The molecule has 3 aliphatic carbocycles. The minimum atomic E-state index is -0.186. The molecule has 0 amide bonds. The largest absolute Gasteiger partial charge is 0.300 e. The van der Waals surface area contributed by atoms with Crippen LogP contribution in [-0.4, -0.2) is 22.2 Å². The molecule has 0 aromatic carbocycles. The number of halogens is 1. The average Bonchev–Trinajstić information content (AvgIpc) is 2.83. The Kier molecular flexibility index (Phi) is 4.65. The summed E-state index contributed by atoms with van der Waals surface area (Å²) in [6, 6.07) is 0. The minimum Gasteiger partial charge on any atom is -0.300 e. The summed E-state index contributed by atoms with van der Waals surface area (Å²) in [7, 11) is 0. The lowest BCUT2D eigenvalue weighted by Gasteiger charge is -2.48. The molecule has 0 aromatic heterocycles. The van der Waals surface area contributed by atoms with Crippen LogP contribution in [0.1, 0.15) is 65.2 Å². The highest BCUT2D eigenvalue weighted by atomic mass is 79.9. The van der Waals surface area contributed by atoms with E-state index in [2.05, 4.69) is 22.9 Å². The second-order valence-electron chi connectivity index (χ2n) is 7.45. The van der Waals surface area contributed by atoms with E-state index in [0.29, 0.717) is 43.3 Å². The second kappa shape index (κ2) is 6.27. The Bertz CT molecular complexity index is 591. The smallest absolute Gasteiger partial charge is 0.158 e. The summed E-state index contributed by atoms with van der Waals surface area (Å²) in [5.74, 6) is 1.52. The summed E-state index contributed by atoms with van der Waals surface area (Å²) in [5.41, 5.74) is 1.93. The first kappa shape index (κ1) is 17.1. The molecule has 4 atom stereocenters. The highest BCUT2D eigenvalue weighted by molar-refractivity contribution is 9.09. The van der Waals surface area contributed by atoms with Gasteiger partial charge in [0.05, 0.1) is 0 Å². The zero-order valence-electron chi connectivity index (χ0n) is 14.0. The van der Waals surface area contributed by atoms with Crippen molar-refractivity contribution >= 4 is 33.3 Å². The van der Waals surface area contributed by atoms with E-state index in [1.807, 2.05) is 0 Å². The molecule has 0 bridgehead atoms. The molecule has 0 spiro atoms. The number of Topliss-reactive ketones (excluding diaryl/α,β-unsaturated/α-hetero) is 3. The number of alkyl halides is 1. The van der Waals surface area contributed by atoms with Crippen molar-refractivity contribution in [1.82, 2.24) is 0 Å². The van der Waals surface area contributed by atoms with Gasteiger partial charge in [0.25, 0.3) is 0 Å². The molecule has 3 nitrogen and oxygen atoms in total. The first-order valence-electron chi connectivity index (χ1n) is 8.83. The summed E-state index contributed by atoms with van der Waals surface area (Å²) < 4.78 is 0. The number of hydrogen-bond acceptors (Lipinski definition) is 3. The van der Waals surface area contributed by atoms with Crippen LogP contribution in [0, 0.1) is 17.3 Å². The van der Waals surface area contributed by atoms with E-state index in [1.54, 1.807) is 6.92 Å². The van der Waals surface area contributed by atoms with Crippen LogP contribution in [0.2, 0.25) is 0 Å². The van der Waals surface area contributed by atoms with Crippen LogP contribution in [0.3, 0.4) is 0 Å². The van der Waals surface area contributed by atoms with Gasteiger partial charge in [0, 0.05) is 29.5 Å². The first-order valence-corrected chi connectivity index (χ1v) is 9.75. The Balaban J connectivity index is 2.01. The van der Waals surface area contributed by atoms with Gasteiger partial charge in [-0.2, -0.15) is 0 Å². The topological polar surface area (TPSA) is 51.2 Å². The molecular formula is C19H25BrO3. The zero-order valence-corrected chi connectivity index (χ0v) is 15.6. The lowest BCUT2D eigenvalue weighted by atomic mass is 9.57. The monoisotopic (exact) mass is 380 g/mol. The highest BCUT2D eigenvalue weighted by Gasteiger charge is 2.57. The Morgan fingerprint density at radius 2 is 2.00 bits per heavy atom. The lowest BCUT2D eigenvalue weighted by Crippen LogP contribution is -2.46. The van der Waals surface area contributed by atoms with Crippen LogP contribution in [0.15, 0.2) is 11.1 Å². The van der Waals surface area contributed by atoms with Crippen LogP contribution < -0.4 is 0 Å². The van der Waals surface area contributed by atoms with Crippen molar-refractivity contribution in [3.8, 4) is 0 Å². The molecule has 1 unspecified atom stereocenters. The number of carbonyl (C=O) groups is 3. The van der Waals surface area contributed by atoms with Gasteiger partial charge in [-0.3, -0.25) is 9.59 Å². The van der Waals surface area contributed by atoms with Crippen molar-refractivity contribution in [3.05, 3.63) is 11.1 Å². The van der Waals surface area contributed by atoms with E-state index in [4.69, 9.17) is 0 Å². The fourth-order valence-electron chi connectivity index (χ4n) is 5.31. The van der Waals surface area contributed by atoms with Gasteiger partial charge in [-0.15, -0.1) is 0 Å². The Morgan fingerprint density at radius 1 is 1.26 bits per heavy atom. The molecule has 126 valence electrons. The quantitative estimate of drug-likeness (QED) is 0.687. The molecule has 23 heavy (non-hydrogen) atoms.